The number of methoxy groups -OCH3 is 1. The van der Waals surface area contributed by atoms with Crippen molar-refractivity contribution in [1.82, 2.24) is 19.2 Å². The number of aromatic nitrogens is 3. The van der Waals surface area contributed by atoms with Crippen LogP contribution in [0.2, 0.25) is 0 Å². The number of benzene rings is 2. The van der Waals surface area contributed by atoms with Crippen LogP contribution in [0, 0.1) is 4.77 Å². The highest BCUT2D eigenvalue weighted by Gasteiger charge is 2.20. The summed E-state index contributed by atoms with van der Waals surface area (Å²) < 4.78 is 10.3. The van der Waals surface area contributed by atoms with Crippen LogP contribution in [0.15, 0.2) is 54.6 Å². The molecule has 1 fully saturated rings. The number of hydrogen-bond acceptors (Lipinski definition) is 4. The smallest absolute Gasteiger partial charge is 0.199 e. The molecule has 0 bridgehead atoms. The third-order valence-corrected chi connectivity index (χ3v) is 6.72. The lowest BCUT2D eigenvalue weighted by Crippen LogP contribution is -2.35. The van der Waals surface area contributed by atoms with Crippen LogP contribution in [0.3, 0.4) is 0 Å². The molecule has 0 spiro atoms. The van der Waals surface area contributed by atoms with Crippen LogP contribution in [0.25, 0.3) is 11.4 Å². The van der Waals surface area contributed by atoms with Gasteiger partial charge in [-0.3, -0.25) is 9.47 Å². The van der Waals surface area contributed by atoms with Gasteiger partial charge in [0.05, 0.1) is 13.8 Å². The van der Waals surface area contributed by atoms with E-state index in [1.54, 1.807) is 7.11 Å². The van der Waals surface area contributed by atoms with Gasteiger partial charge in [-0.2, -0.15) is 5.10 Å². The fraction of sp³-hybridized carbons (Fsp3) is 0.440. The highest BCUT2D eigenvalue weighted by Crippen LogP contribution is 2.24. The van der Waals surface area contributed by atoms with Crippen molar-refractivity contribution in [3.05, 3.63) is 64.9 Å². The first-order chi connectivity index (χ1) is 15.2. The van der Waals surface area contributed by atoms with Gasteiger partial charge in [-0.25, -0.2) is 4.68 Å². The van der Waals surface area contributed by atoms with Crippen LogP contribution in [0.4, 0.5) is 0 Å². The Hall–Kier alpha value is -2.44. The molecule has 5 nitrogen and oxygen atoms in total. The van der Waals surface area contributed by atoms with Gasteiger partial charge >= 0.3 is 0 Å². The fourth-order valence-corrected chi connectivity index (χ4v) is 4.70. The highest BCUT2D eigenvalue weighted by atomic mass is 32.1. The second-order valence-electron chi connectivity index (χ2n) is 8.41. The van der Waals surface area contributed by atoms with Gasteiger partial charge < -0.3 is 4.74 Å². The molecule has 1 aromatic heterocycles. The van der Waals surface area contributed by atoms with E-state index in [0.29, 0.717) is 6.04 Å². The van der Waals surface area contributed by atoms with Gasteiger partial charge in [0.25, 0.3) is 0 Å². The first-order valence-corrected chi connectivity index (χ1v) is 11.6. The van der Waals surface area contributed by atoms with Crippen molar-refractivity contribution in [2.45, 2.75) is 57.8 Å². The SMILES string of the molecule is COc1ccc(-c2nn(CN(C)C3CCCCC3)c(=S)n2CCc2ccccc2)cc1. The van der Waals surface area contributed by atoms with Gasteiger partial charge in [0.2, 0.25) is 0 Å². The first kappa shape index (κ1) is 21.8. The van der Waals surface area contributed by atoms with Crippen molar-refractivity contribution >= 4 is 12.2 Å². The average molecular weight is 437 g/mol. The first-order valence-electron chi connectivity index (χ1n) is 11.2. The molecular formula is C25H32N4OS. The zero-order valence-electron chi connectivity index (χ0n) is 18.5. The largest absolute Gasteiger partial charge is 0.497 e. The normalized spacial score (nSPS) is 14.8. The Morgan fingerprint density at radius 2 is 1.74 bits per heavy atom. The van der Waals surface area contributed by atoms with Gasteiger partial charge in [-0.05, 0) is 68.4 Å². The quantitative estimate of drug-likeness (QED) is 0.434. The zero-order chi connectivity index (χ0) is 21.6. The van der Waals surface area contributed by atoms with E-state index in [9.17, 15) is 0 Å². The van der Waals surface area contributed by atoms with Crippen LogP contribution in [-0.4, -0.2) is 39.4 Å². The summed E-state index contributed by atoms with van der Waals surface area (Å²) in [7, 11) is 3.89. The molecule has 0 N–H and O–H groups in total. The van der Waals surface area contributed by atoms with E-state index in [-0.39, 0.29) is 0 Å². The molecule has 2 aromatic carbocycles. The topological polar surface area (TPSA) is 35.2 Å². The summed E-state index contributed by atoms with van der Waals surface area (Å²) >= 11 is 5.91. The molecule has 1 heterocycles. The monoisotopic (exact) mass is 436 g/mol. The summed E-state index contributed by atoms with van der Waals surface area (Å²) in [4.78, 5) is 2.42. The summed E-state index contributed by atoms with van der Waals surface area (Å²) in [6.45, 7) is 1.53. The Bertz CT molecular complexity index is 1020. The number of ether oxygens (including phenoxy) is 1. The Morgan fingerprint density at radius 1 is 1.03 bits per heavy atom. The molecule has 3 aromatic rings. The molecule has 1 aliphatic rings. The highest BCUT2D eigenvalue weighted by molar-refractivity contribution is 7.71. The molecule has 31 heavy (non-hydrogen) atoms. The lowest BCUT2D eigenvalue weighted by atomic mass is 9.95. The maximum absolute atomic E-state index is 5.91. The van der Waals surface area contributed by atoms with Crippen LogP contribution < -0.4 is 4.74 Å². The lowest BCUT2D eigenvalue weighted by Gasteiger charge is -2.30. The van der Waals surface area contributed by atoms with Crippen LogP contribution >= 0.6 is 12.2 Å². The summed E-state index contributed by atoms with van der Waals surface area (Å²) in [6.07, 6.45) is 7.46. The molecule has 164 valence electrons. The molecule has 1 aliphatic carbocycles. The molecule has 6 heteroatoms. The number of rotatable bonds is 8. The predicted molar refractivity (Wildman–Crippen MR) is 128 cm³/mol. The van der Waals surface area contributed by atoms with E-state index >= 15 is 0 Å². The lowest BCUT2D eigenvalue weighted by molar-refractivity contribution is 0.145. The van der Waals surface area contributed by atoms with E-state index in [2.05, 4.69) is 59.0 Å². The molecule has 4 rings (SSSR count). The number of aryl methyl sites for hydroxylation is 1. The standard InChI is InChI=1S/C25H32N4OS/c1-27(22-11-7-4-8-12-22)19-29-25(31)28(18-17-20-9-5-3-6-10-20)24(26-29)21-13-15-23(30-2)16-14-21/h3,5-6,9-10,13-16,22H,4,7-8,11-12,17-19H2,1-2H3. The van der Waals surface area contributed by atoms with Crippen molar-refractivity contribution in [3.63, 3.8) is 0 Å². The maximum atomic E-state index is 5.91. The summed E-state index contributed by atoms with van der Waals surface area (Å²) in [5, 5.41) is 4.98. The average Bonchev–Trinajstić information content (AvgIpc) is 3.14. The Balaban J connectivity index is 1.62. The van der Waals surface area contributed by atoms with Crippen molar-refractivity contribution in [2.75, 3.05) is 14.2 Å². The predicted octanol–water partition coefficient (Wildman–Crippen LogP) is 5.55. The summed E-state index contributed by atoms with van der Waals surface area (Å²) in [5.41, 5.74) is 2.36. The Kier molecular flexibility index (Phi) is 7.20. The van der Waals surface area contributed by atoms with E-state index < -0.39 is 0 Å². The molecule has 1 saturated carbocycles. The Morgan fingerprint density at radius 3 is 2.42 bits per heavy atom. The van der Waals surface area contributed by atoms with Crippen molar-refractivity contribution in [2.24, 2.45) is 0 Å². The van der Waals surface area contributed by atoms with E-state index in [4.69, 9.17) is 22.1 Å². The number of hydrogen-bond donors (Lipinski definition) is 0. The third-order valence-electron chi connectivity index (χ3n) is 6.29. The maximum Gasteiger partial charge on any atom is 0.199 e. The minimum absolute atomic E-state index is 0.620. The van der Waals surface area contributed by atoms with Gasteiger partial charge in [0.15, 0.2) is 10.6 Å². The minimum atomic E-state index is 0.620. The molecular weight excluding hydrogens is 404 g/mol. The summed E-state index contributed by atoms with van der Waals surface area (Å²) in [5.74, 6) is 1.76. The molecule has 0 aliphatic heterocycles. The minimum Gasteiger partial charge on any atom is -0.497 e. The second-order valence-corrected chi connectivity index (χ2v) is 8.78. The van der Waals surface area contributed by atoms with E-state index in [1.807, 2.05) is 16.8 Å². The fourth-order valence-electron chi connectivity index (χ4n) is 4.42. The molecule has 0 saturated heterocycles. The molecule has 0 atom stereocenters. The van der Waals surface area contributed by atoms with Crippen molar-refractivity contribution in [1.29, 1.82) is 0 Å². The van der Waals surface area contributed by atoms with Gasteiger partial charge in [-0.15, -0.1) is 0 Å². The van der Waals surface area contributed by atoms with Crippen LogP contribution in [0.5, 0.6) is 5.75 Å². The molecule has 0 radical (unpaired) electrons. The summed E-state index contributed by atoms with van der Waals surface area (Å²) in [6, 6.07) is 19.2. The number of nitrogens with zero attached hydrogens (tertiary/aromatic N) is 4. The van der Waals surface area contributed by atoms with E-state index in [0.717, 1.165) is 41.5 Å². The molecule has 0 amide bonds. The zero-order valence-corrected chi connectivity index (χ0v) is 19.4. The van der Waals surface area contributed by atoms with Crippen LogP contribution in [0.1, 0.15) is 37.7 Å². The third kappa shape index (κ3) is 5.25. The van der Waals surface area contributed by atoms with Crippen LogP contribution in [-0.2, 0) is 19.6 Å². The second kappa shape index (κ2) is 10.2. The van der Waals surface area contributed by atoms with Gasteiger partial charge in [0.1, 0.15) is 5.75 Å². The van der Waals surface area contributed by atoms with Gasteiger partial charge in [-0.1, -0.05) is 49.6 Å². The van der Waals surface area contributed by atoms with Gasteiger partial charge in [0, 0.05) is 18.2 Å². The molecule has 0 unspecified atom stereocenters. The van der Waals surface area contributed by atoms with Crippen molar-refractivity contribution < 1.29 is 4.74 Å². The van der Waals surface area contributed by atoms with Crippen molar-refractivity contribution in [3.8, 4) is 17.1 Å². The Labute approximate surface area is 190 Å². The van der Waals surface area contributed by atoms with E-state index in [1.165, 1.54) is 37.7 Å².